The first kappa shape index (κ1) is 9.55. The molecule has 0 saturated heterocycles. The molecule has 1 heterocycles. The number of nitrogens with two attached hydrogens (primary N) is 1. The van der Waals surface area contributed by atoms with E-state index in [4.69, 9.17) is 22.4 Å². The second kappa shape index (κ2) is 3.63. The zero-order valence-electron chi connectivity index (χ0n) is 7.57. The second-order valence-electron chi connectivity index (χ2n) is 3.56. The minimum Gasteiger partial charge on any atom is -0.396 e. The van der Waals surface area contributed by atoms with Crippen LogP contribution in [0, 0.1) is 0 Å². The van der Waals surface area contributed by atoms with Crippen molar-refractivity contribution in [3.8, 4) is 0 Å². The number of pyridine rings is 1. The number of anilines is 2. The third-order valence-electron chi connectivity index (χ3n) is 2.34. The normalized spacial score (nSPS) is 25.6. The van der Waals surface area contributed by atoms with Crippen molar-refractivity contribution in [1.82, 2.24) is 4.98 Å². The monoisotopic (exact) mass is 213 g/mol. The van der Waals surface area contributed by atoms with Gasteiger partial charge in [0.25, 0.3) is 0 Å². The molecule has 5 heteroatoms. The molecule has 0 unspecified atom stereocenters. The number of halogens is 1. The highest BCUT2D eigenvalue weighted by Crippen LogP contribution is 2.26. The molecule has 2 rings (SSSR count). The van der Waals surface area contributed by atoms with E-state index in [1.165, 1.54) is 0 Å². The molecule has 0 aromatic carbocycles. The van der Waals surface area contributed by atoms with Crippen molar-refractivity contribution in [3.63, 3.8) is 0 Å². The summed E-state index contributed by atoms with van der Waals surface area (Å²) in [6.45, 7) is 0. The number of hydrogen-bond acceptors (Lipinski definition) is 4. The summed E-state index contributed by atoms with van der Waals surface area (Å²) in [6.07, 6.45) is 2.88. The summed E-state index contributed by atoms with van der Waals surface area (Å²) in [6, 6.07) is 1.94. The molecule has 1 fully saturated rings. The summed E-state index contributed by atoms with van der Waals surface area (Å²) in [4.78, 5) is 4.07. The van der Waals surface area contributed by atoms with Crippen LogP contribution in [-0.2, 0) is 0 Å². The van der Waals surface area contributed by atoms with Crippen LogP contribution in [0.5, 0.6) is 0 Å². The lowest BCUT2D eigenvalue weighted by atomic mass is 9.89. The molecule has 1 saturated carbocycles. The lowest BCUT2D eigenvalue weighted by Gasteiger charge is -2.32. The van der Waals surface area contributed by atoms with E-state index >= 15 is 0 Å². The predicted octanol–water partition coefficient (Wildman–Crippen LogP) is 1.25. The van der Waals surface area contributed by atoms with Crippen molar-refractivity contribution in [3.05, 3.63) is 17.3 Å². The van der Waals surface area contributed by atoms with Gasteiger partial charge in [-0.15, -0.1) is 0 Å². The van der Waals surface area contributed by atoms with E-state index in [0.29, 0.717) is 16.5 Å². The van der Waals surface area contributed by atoms with Crippen molar-refractivity contribution < 1.29 is 5.11 Å². The maximum absolute atomic E-state index is 9.10. The van der Waals surface area contributed by atoms with Crippen molar-refractivity contribution in [2.45, 2.75) is 25.0 Å². The number of aliphatic hydroxyl groups excluding tert-OH is 1. The molecule has 14 heavy (non-hydrogen) atoms. The topological polar surface area (TPSA) is 71.2 Å². The Labute approximate surface area is 87.1 Å². The lowest BCUT2D eigenvalue weighted by Crippen LogP contribution is -2.39. The molecule has 76 valence electrons. The number of rotatable bonds is 2. The number of aromatic nitrogens is 1. The lowest BCUT2D eigenvalue weighted by molar-refractivity contribution is 0.0835. The number of nitrogens with zero attached hydrogens (tertiary/aromatic N) is 1. The molecular formula is C9H12ClN3O. The van der Waals surface area contributed by atoms with Gasteiger partial charge in [-0.25, -0.2) is 4.98 Å². The standard InChI is InChI=1S/C9H12ClN3O/c10-5-1-8(11)9(12-4-5)13-6-2-7(14)3-6/h1,4,6-7,14H,2-3,11H2,(H,12,13). The molecule has 1 aliphatic carbocycles. The molecule has 0 aliphatic heterocycles. The van der Waals surface area contributed by atoms with Gasteiger partial charge in [0, 0.05) is 12.2 Å². The van der Waals surface area contributed by atoms with Crippen LogP contribution in [0.4, 0.5) is 11.5 Å². The Balaban J connectivity index is 2.02. The number of nitrogens with one attached hydrogen (secondary N) is 1. The average molecular weight is 214 g/mol. The van der Waals surface area contributed by atoms with Gasteiger partial charge in [-0.05, 0) is 18.9 Å². The van der Waals surface area contributed by atoms with Crippen LogP contribution in [0.1, 0.15) is 12.8 Å². The summed E-state index contributed by atoms with van der Waals surface area (Å²) < 4.78 is 0. The van der Waals surface area contributed by atoms with Gasteiger partial charge in [0.2, 0.25) is 0 Å². The van der Waals surface area contributed by atoms with Gasteiger partial charge < -0.3 is 16.2 Å². The minimum absolute atomic E-state index is 0.180. The van der Waals surface area contributed by atoms with Crippen molar-refractivity contribution in [1.29, 1.82) is 0 Å². The molecular weight excluding hydrogens is 202 g/mol. The molecule has 1 aromatic rings. The van der Waals surface area contributed by atoms with Crippen LogP contribution in [-0.4, -0.2) is 22.2 Å². The van der Waals surface area contributed by atoms with Gasteiger partial charge in [-0.3, -0.25) is 0 Å². The molecule has 0 amide bonds. The Morgan fingerprint density at radius 3 is 2.86 bits per heavy atom. The van der Waals surface area contributed by atoms with Gasteiger partial charge in [-0.1, -0.05) is 11.6 Å². The van der Waals surface area contributed by atoms with Gasteiger partial charge in [0.15, 0.2) is 0 Å². The zero-order chi connectivity index (χ0) is 10.1. The van der Waals surface area contributed by atoms with Crippen molar-refractivity contribution in [2.75, 3.05) is 11.1 Å². The van der Waals surface area contributed by atoms with E-state index in [0.717, 1.165) is 12.8 Å². The van der Waals surface area contributed by atoms with Crippen molar-refractivity contribution >= 4 is 23.1 Å². The molecule has 0 radical (unpaired) electrons. The quantitative estimate of drug-likeness (QED) is 0.692. The number of hydrogen-bond donors (Lipinski definition) is 3. The molecule has 1 aromatic heterocycles. The van der Waals surface area contributed by atoms with Gasteiger partial charge in [0.1, 0.15) is 5.82 Å². The maximum atomic E-state index is 9.10. The van der Waals surface area contributed by atoms with Crippen molar-refractivity contribution in [2.24, 2.45) is 0 Å². The van der Waals surface area contributed by atoms with Gasteiger partial charge in [0.05, 0.1) is 16.8 Å². The largest absolute Gasteiger partial charge is 0.396 e. The third kappa shape index (κ3) is 1.91. The molecule has 0 bridgehead atoms. The Hall–Kier alpha value is -1.00. The highest BCUT2D eigenvalue weighted by atomic mass is 35.5. The zero-order valence-corrected chi connectivity index (χ0v) is 8.33. The Bertz CT molecular complexity index is 339. The van der Waals surface area contributed by atoms with E-state index < -0.39 is 0 Å². The summed E-state index contributed by atoms with van der Waals surface area (Å²) in [7, 11) is 0. The Morgan fingerprint density at radius 2 is 2.29 bits per heavy atom. The average Bonchev–Trinajstić information content (AvgIpc) is 2.06. The first-order chi connectivity index (χ1) is 6.65. The Kier molecular flexibility index (Phi) is 2.48. The summed E-state index contributed by atoms with van der Waals surface area (Å²) in [5.74, 6) is 0.645. The summed E-state index contributed by atoms with van der Waals surface area (Å²) in [5, 5.41) is 12.8. The van der Waals surface area contributed by atoms with E-state index in [1.54, 1.807) is 12.3 Å². The highest BCUT2D eigenvalue weighted by Gasteiger charge is 2.27. The summed E-state index contributed by atoms with van der Waals surface area (Å²) in [5.41, 5.74) is 6.25. The molecule has 1 aliphatic rings. The molecule has 4 nitrogen and oxygen atoms in total. The van der Waals surface area contributed by atoms with Gasteiger partial charge in [-0.2, -0.15) is 0 Å². The van der Waals surface area contributed by atoms with Crippen LogP contribution in [0.15, 0.2) is 12.3 Å². The smallest absolute Gasteiger partial charge is 0.149 e. The van der Waals surface area contributed by atoms with E-state index in [9.17, 15) is 0 Å². The second-order valence-corrected chi connectivity index (χ2v) is 3.99. The number of aliphatic hydroxyl groups is 1. The third-order valence-corrected chi connectivity index (χ3v) is 2.54. The highest BCUT2D eigenvalue weighted by molar-refractivity contribution is 6.30. The molecule has 0 atom stereocenters. The van der Waals surface area contributed by atoms with E-state index in [2.05, 4.69) is 10.3 Å². The van der Waals surface area contributed by atoms with E-state index in [1.807, 2.05) is 0 Å². The van der Waals surface area contributed by atoms with Crippen LogP contribution in [0.2, 0.25) is 5.02 Å². The fourth-order valence-corrected chi connectivity index (χ4v) is 1.64. The van der Waals surface area contributed by atoms with Crippen LogP contribution in [0.25, 0.3) is 0 Å². The maximum Gasteiger partial charge on any atom is 0.149 e. The van der Waals surface area contributed by atoms with Crippen LogP contribution in [0.3, 0.4) is 0 Å². The Morgan fingerprint density at radius 1 is 1.57 bits per heavy atom. The first-order valence-corrected chi connectivity index (χ1v) is 4.88. The minimum atomic E-state index is -0.180. The fraction of sp³-hybridized carbons (Fsp3) is 0.444. The fourth-order valence-electron chi connectivity index (χ4n) is 1.47. The van der Waals surface area contributed by atoms with E-state index in [-0.39, 0.29) is 12.1 Å². The molecule has 0 spiro atoms. The molecule has 4 N–H and O–H groups in total. The summed E-state index contributed by atoms with van der Waals surface area (Å²) >= 11 is 5.71. The SMILES string of the molecule is Nc1cc(Cl)cnc1NC1CC(O)C1. The van der Waals surface area contributed by atoms with Crippen LogP contribution < -0.4 is 11.1 Å². The predicted molar refractivity (Wildman–Crippen MR) is 56.3 cm³/mol. The van der Waals surface area contributed by atoms with Crippen LogP contribution >= 0.6 is 11.6 Å². The number of nitrogen functional groups attached to an aromatic ring is 1. The first-order valence-electron chi connectivity index (χ1n) is 4.51. The van der Waals surface area contributed by atoms with Gasteiger partial charge >= 0.3 is 0 Å².